The van der Waals surface area contributed by atoms with E-state index in [0.717, 1.165) is 5.56 Å². The third-order valence-corrected chi connectivity index (χ3v) is 2.19. The Morgan fingerprint density at radius 1 is 1.33 bits per heavy atom. The first-order valence-corrected chi connectivity index (χ1v) is 4.35. The van der Waals surface area contributed by atoms with Crippen molar-refractivity contribution in [2.24, 2.45) is 0 Å². The first-order valence-electron chi connectivity index (χ1n) is 3.81. The molecule has 0 aliphatic heterocycles. The number of ketones is 1. The maximum absolute atomic E-state index is 11.1. The van der Waals surface area contributed by atoms with E-state index in [4.69, 9.17) is 11.6 Å². The molecule has 0 aliphatic carbocycles. The fraction of sp³-hybridized carbons (Fsp3) is 0.300. The van der Waals surface area contributed by atoms with Gasteiger partial charge in [-0.25, -0.2) is 0 Å². The molecule has 0 spiro atoms. The fourth-order valence-electron chi connectivity index (χ4n) is 0.992. The van der Waals surface area contributed by atoms with Gasteiger partial charge in [0.2, 0.25) is 0 Å². The van der Waals surface area contributed by atoms with E-state index in [1.165, 1.54) is 5.56 Å². The van der Waals surface area contributed by atoms with Gasteiger partial charge in [-0.05, 0) is 31.0 Å². The second kappa shape index (κ2) is 3.72. The van der Waals surface area contributed by atoms with Gasteiger partial charge in [-0.15, -0.1) is 11.6 Å². The summed E-state index contributed by atoms with van der Waals surface area (Å²) >= 11 is 5.43. The average Bonchev–Trinajstić information content (AvgIpc) is 2.08. The van der Waals surface area contributed by atoms with Crippen molar-refractivity contribution in [2.75, 3.05) is 5.88 Å². The van der Waals surface area contributed by atoms with Gasteiger partial charge in [-0.1, -0.05) is 12.1 Å². The normalized spacial score (nSPS) is 9.92. The molecule has 2 heteroatoms. The standard InChI is InChI=1S/C10H11ClO/c1-7-3-4-9(5-8(7)2)10(12)6-11/h3-5H,6H2,1-2H3. The van der Waals surface area contributed by atoms with Crippen molar-refractivity contribution >= 4 is 17.4 Å². The van der Waals surface area contributed by atoms with Crippen LogP contribution in [-0.4, -0.2) is 11.7 Å². The Morgan fingerprint density at radius 2 is 2.00 bits per heavy atom. The molecule has 0 unspecified atom stereocenters. The summed E-state index contributed by atoms with van der Waals surface area (Å²) in [5.41, 5.74) is 3.03. The summed E-state index contributed by atoms with van der Waals surface area (Å²) in [6.07, 6.45) is 0. The van der Waals surface area contributed by atoms with Gasteiger partial charge >= 0.3 is 0 Å². The van der Waals surface area contributed by atoms with Crippen molar-refractivity contribution in [1.29, 1.82) is 0 Å². The third-order valence-electron chi connectivity index (χ3n) is 1.95. The van der Waals surface area contributed by atoms with Gasteiger partial charge in [0, 0.05) is 5.56 Å². The zero-order valence-corrected chi connectivity index (χ0v) is 7.98. The van der Waals surface area contributed by atoms with Crippen LogP contribution in [0, 0.1) is 13.8 Å². The maximum atomic E-state index is 11.1. The van der Waals surface area contributed by atoms with Crippen LogP contribution in [0.5, 0.6) is 0 Å². The van der Waals surface area contributed by atoms with Crippen molar-refractivity contribution in [1.82, 2.24) is 0 Å². The number of alkyl halides is 1. The lowest BCUT2D eigenvalue weighted by Crippen LogP contribution is -2.00. The lowest BCUT2D eigenvalue weighted by Gasteiger charge is -2.01. The molecule has 12 heavy (non-hydrogen) atoms. The number of rotatable bonds is 2. The molecule has 1 aromatic rings. The highest BCUT2D eigenvalue weighted by Gasteiger charge is 2.03. The molecule has 0 heterocycles. The molecule has 0 amide bonds. The minimum atomic E-state index is -0.0141. The number of hydrogen-bond acceptors (Lipinski definition) is 1. The molecular formula is C10H11ClO. The van der Waals surface area contributed by atoms with Crippen LogP contribution in [0.2, 0.25) is 0 Å². The van der Waals surface area contributed by atoms with Gasteiger partial charge in [0.15, 0.2) is 5.78 Å². The van der Waals surface area contributed by atoms with Crippen LogP contribution in [0.15, 0.2) is 18.2 Å². The molecule has 1 rings (SSSR count). The minimum Gasteiger partial charge on any atom is -0.293 e. The Balaban J connectivity index is 3.05. The summed E-state index contributed by atoms with van der Waals surface area (Å²) in [5.74, 6) is 0.0439. The molecule has 0 radical (unpaired) electrons. The summed E-state index contributed by atoms with van der Waals surface area (Å²) in [6.45, 7) is 4.00. The minimum absolute atomic E-state index is 0.0141. The van der Waals surface area contributed by atoms with E-state index in [9.17, 15) is 4.79 Å². The molecule has 1 nitrogen and oxygen atoms in total. The summed E-state index contributed by atoms with van der Waals surface area (Å²) in [4.78, 5) is 11.1. The Labute approximate surface area is 77.4 Å². The SMILES string of the molecule is Cc1ccc(C(=O)CCl)cc1C. The highest BCUT2D eigenvalue weighted by molar-refractivity contribution is 6.30. The fourth-order valence-corrected chi connectivity index (χ4v) is 1.15. The average molecular weight is 183 g/mol. The zero-order chi connectivity index (χ0) is 9.14. The van der Waals surface area contributed by atoms with Crippen LogP contribution in [0.4, 0.5) is 0 Å². The van der Waals surface area contributed by atoms with Crippen molar-refractivity contribution in [2.45, 2.75) is 13.8 Å². The third kappa shape index (κ3) is 1.86. The molecule has 0 fully saturated rings. The van der Waals surface area contributed by atoms with Crippen LogP contribution in [0.1, 0.15) is 21.5 Å². The molecule has 0 atom stereocenters. The van der Waals surface area contributed by atoms with E-state index >= 15 is 0 Å². The molecule has 0 N–H and O–H groups in total. The van der Waals surface area contributed by atoms with Crippen molar-refractivity contribution in [3.8, 4) is 0 Å². The van der Waals surface area contributed by atoms with Crippen molar-refractivity contribution in [3.05, 3.63) is 34.9 Å². The Kier molecular flexibility index (Phi) is 2.88. The molecule has 0 aliphatic rings. The number of aryl methyl sites for hydroxylation is 2. The molecule has 0 saturated carbocycles. The number of benzene rings is 1. The predicted molar refractivity (Wildman–Crippen MR) is 51.0 cm³/mol. The van der Waals surface area contributed by atoms with Crippen LogP contribution < -0.4 is 0 Å². The number of hydrogen-bond donors (Lipinski definition) is 0. The lowest BCUT2D eigenvalue weighted by molar-refractivity contribution is 0.102. The van der Waals surface area contributed by atoms with Gasteiger partial charge in [-0.2, -0.15) is 0 Å². The van der Waals surface area contributed by atoms with Crippen LogP contribution in [0.25, 0.3) is 0 Å². The monoisotopic (exact) mass is 182 g/mol. The van der Waals surface area contributed by atoms with E-state index in [1.54, 1.807) is 0 Å². The second-order valence-corrected chi connectivity index (χ2v) is 3.12. The maximum Gasteiger partial charge on any atom is 0.177 e. The molecule has 0 bridgehead atoms. The van der Waals surface area contributed by atoms with Gasteiger partial charge in [0.1, 0.15) is 0 Å². The highest BCUT2D eigenvalue weighted by atomic mass is 35.5. The Bertz CT molecular complexity index is 305. The first kappa shape index (κ1) is 9.27. The van der Waals surface area contributed by atoms with Gasteiger partial charge in [-0.3, -0.25) is 4.79 Å². The smallest absolute Gasteiger partial charge is 0.177 e. The van der Waals surface area contributed by atoms with Crippen molar-refractivity contribution in [3.63, 3.8) is 0 Å². The summed E-state index contributed by atoms with van der Waals surface area (Å²) < 4.78 is 0. The molecular weight excluding hydrogens is 172 g/mol. The zero-order valence-electron chi connectivity index (χ0n) is 7.23. The quantitative estimate of drug-likeness (QED) is 0.508. The van der Waals surface area contributed by atoms with Crippen LogP contribution in [0.3, 0.4) is 0 Å². The number of carbonyl (C=O) groups excluding carboxylic acids is 1. The van der Waals surface area contributed by atoms with E-state index in [0.29, 0.717) is 5.56 Å². The highest BCUT2D eigenvalue weighted by Crippen LogP contribution is 2.10. The first-order chi connectivity index (χ1) is 5.65. The summed E-state index contributed by atoms with van der Waals surface area (Å²) in [7, 11) is 0. The van der Waals surface area contributed by atoms with E-state index in [-0.39, 0.29) is 11.7 Å². The van der Waals surface area contributed by atoms with Gasteiger partial charge in [0.25, 0.3) is 0 Å². The van der Waals surface area contributed by atoms with Crippen molar-refractivity contribution < 1.29 is 4.79 Å². The van der Waals surface area contributed by atoms with E-state index in [1.807, 2.05) is 32.0 Å². The molecule has 0 saturated heterocycles. The Morgan fingerprint density at radius 3 is 2.50 bits per heavy atom. The molecule has 1 aromatic carbocycles. The van der Waals surface area contributed by atoms with E-state index < -0.39 is 0 Å². The summed E-state index contributed by atoms with van der Waals surface area (Å²) in [6, 6.07) is 5.63. The van der Waals surface area contributed by atoms with Crippen LogP contribution >= 0.6 is 11.6 Å². The largest absolute Gasteiger partial charge is 0.293 e. The van der Waals surface area contributed by atoms with E-state index in [2.05, 4.69) is 0 Å². The van der Waals surface area contributed by atoms with Gasteiger partial charge in [0.05, 0.1) is 5.88 Å². The topological polar surface area (TPSA) is 17.1 Å². The van der Waals surface area contributed by atoms with Crippen LogP contribution in [-0.2, 0) is 0 Å². The number of carbonyl (C=O) groups is 1. The predicted octanol–water partition coefficient (Wildman–Crippen LogP) is 2.72. The molecule has 64 valence electrons. The number of halogens is 1. The van der Waals surface area contributed by atoms with Gasteiger partial charge < -0.3 is 0 Å². The Hall–Kier alpha value is -0.820. The second-order valence-electron chi connectivity index (χ2n) is 2.86. The number of Topliss-reactive ketones (excluding diaryl/α,β-unsaturated/α-hetero) is 1. The lowest BCUT2D eigenvalue weighted by atomic mass is 10.0. The summed E-state index contributed by atoms with van der Waals surface area (Å²) in [5, 5.41) is 0. The molecule has 0 aromatic heterocycles.